The molecule has 0 aromatic heterocycles. The first-order valence-electron chi connectivity index (χ1n) is 11.0. The molecule has 0 radical (unpaired) electrons. The average molecular weight is 558 g/mol. The molecule has 3 aromatic carbocycles. The maximum Gasteiger partial charge on any atom is 0.417 e. The first kappa shape index (κ1) is 29.5. The number of nitriles is 3. The fourth-order valence-corrected chi connectivity index (χ4v) is 3.54. The minimum absolute atomic E-state index is 0.106. The molecule has 3 aromatic rings. The molecule has 0 saturated heterocycles. The van der Waals surface area contributed by atoms with E-state index in [2.05, 4.69) is 0 Å². The van der Waals surface area contributed by atoms with Crippen molar-refractivity contribution in [2.24, 2.45) is 0 Å². The molecule has 0 aliphatic heterocycles. The van der Waals surface area contributed by atoms with Gasteiger partial charge in [-0.2, -0.15) is 42.1 Å². The normalized spacial score (nSPS) is 12.8. The first-order valence-corrected chi connectivity index (χ1v) is 11.0. The highest BCUT2D eigenvalue weighted by Crippen LogP contribution is 2.40. The predicted octanol–water partition coefficient (Wildman–Crippen LogP) is 5.83. The number of hydrogen-bond acceptors (Lipinski definition) is 6. The number of rotatable bonds is 6. The molecular formula is C27H16F6N4O3. The molecule has 0 aliphatic carbocycles. The van der Waals surface area contributed by atoms with Crippen molar-refractivity contribution in [1.29, 1.82) is 15.8 Å². The van der Waals surface area contributed by atoms with Gasteiger partial charge in [0.1, 0.15) is 12.4 Å². The summed E-state index contributed by atoms with van der Waals surface area (Å²) in [6, 6.07) is 14.1. The summed E-state index contributed by atoms with van der Waals surface area (Å²) in [6.45, 7) is 0.146. The second-order valence-electron chi connectivity index (χ2n) is 8.52. The Morgan fingerprint density at radius 3 is 1.62 bits per heavy atom. The standard InChI is InChI=1S/C27H16F6N4O3/c1-25(39,15-40-21-8-2-16(12-34)3-9-21)24(38)37(19-6-4-17(13-35)22(10-19)26(28,29)30)20-7-5-18(14-36)23(11-20)27(31,32)33/h2-11,39H,15H2,1H3/t25-/m1/s1. The summed E-state index contributed by atoms with van der Waals surface area (Å²) in [5, 5.41) is 38.1. The summed E-state index contributed by atoms with van der Waals surface area (Å²) in [4.78, 5) is 14.0. The molecule has 0 heterocycles. The number of carbonyl (C=O) groups excluding carboxylic acids is 1. The van der Waals surface area contributed by atoms with E-state index in [0.29, 0.717) is 17.0 Å². The molecular weight excluding hydrogens is 542 g/mol. The maximum absolute atomic E-state index is 13.7. The molecule has 3 rings (SSSR count). The second-order valence-corrected chi connectivity index (χ2v) is 8.52. The summed E-state index contributed by atoms with van der Waals surface area (Å²) in [5.41, 5.74) is -8.03. The maximum atomic E-state index is 13.7. The Morgan fingerprint density at radius 1 is 0.800 bits per heavy atom. The Balaban J connectivity index is 2.15. The molecule has 7 nitrogen and oxygen atoms in total. The van der Waals surface area contributed by atoms with Gasteiger partial charge in [0, 0.05) is 11.4 Å². The second kappa shape index (κ2) is 11.0. The SMILES string of the molecule is C[C@@](O)(COc1ccc(C#N)cc1)C(=O)N(c1ccc(C#N)c(C(F)(F)F)c1)c1ccc(C#N)c(C(F)(F)F)c1. The minimum atomic E-state index is -5.07. The van der Waals surface area contributed by atoms with Crippen LogP contribution in [0, 0.1) is 34.0 Å². The van der Waals surface area contributed by atoms with Crippen LogP contribution in [0.2, 0.25) is 0 Å². The predicted molar refractivity (Wildman–Crippen MR) is 127 cm³/mol. The van der Waals surface area contributed by atoms with Crippen molar-refractivity contribution in [2.45, 2.75) is 24.9 Å². The fourth-order valence-electron chi connectivity index (χ4n) is 3.54. The van der Waals surface area contributed by atoms with Gasteiger partial charge in [0.05, 0.1) is 46.0 Å². The third kappa shape index (κ3) is 6.32. The molecule has 13 heteroatoms. The molecule has 204 valence electrons. The van der Waals surface area contributed by atoms with E-state index in [1.54, 1.807) is 0 Å². The van der Waals surface area contributed by atoms with E-state index in [0.717, 1.165) is 31.2 Å². The highest BCUT2D eigenvalue weighted by Gasteiger charge is 2.41. The molecule has 0 saturated carbocycles. The van der Waals surface area contributed by atoms with Crippen LogP contribution >= 0.6 is 0 Å². The zero-order valence-electron chi connectivity index (χ0n) is 20.3. The van der Waals surface area contributed by atoms with Gasteiger partial charge >= 0.3 is 12.4 Å². The van der Waals surface area contributed by atoms with Crippen LogP contribution in [0.25, 0.3) is 0 Å². The average Bonchev–Trinajstić information content (AvgIpc) is 2.91. The molecule has 1 amide bonds. The van der Waals surface area contributed by atoms with Gasteiger partial charge < -0.3 is 9.84 Å². The monoisotopic (exact) mass is 558 g/mol. The topological polar surface area (TPSA) is 121 Å². The van der Waals surface area contributed by atoms with E-state index < -0.39 is 64.1 Å². The smallest absolute Gasteiger partial charge is 0.417 e. The van der Waals surface area contributed by atoms with E-state index in [1.807, 2.05) is 6.07 Å². The highest BCUT2D eigenvalue weighted by molar-refractivity contribution is 6.05. The summed E-state index contributed by atoms with van der Waals surface area (Å²) >= 11 is 0. The summed E-state index contributed by atoms with van der Waals surface area (Å²) in [6.07, 6.45) is -10.1. The third-order valence-corrected chi connectivity index (χ3v) is 5.54. The quantitative estimate of drug-likeness (QED) is 0.380. The van der Waals surface area contributed by atoms with Crippen molar-refractivity contribution in [3.05, 3.63) is 88.5 Å². The van der Waals surface area contributed by atoms with Crippen LogP contribution in [0.15, 0.2) is 60.7 Å². The van der Waals surface area contributed by atoms with Crippen LogP contribution in [0.1, 0.15) is 34.7 Å². The van der Waals surface area contributed by atoms with Gasteiger partial charge in [-0.1, -0.05) is 0 Å². The number of hydrogen-bond donors (Lipinski definition) is 1. The summed E-state index contributed by atoms with van der Waals surface area (Å²) in [5.74, 6) is -1.27. The van der Waals surface area contributed by atoms with Crippen molar-refractivity contribution >= 4 is 17.3 Å². The van der Waals surface area contributed by atoms with Gasteiger partial charge in [0.25, 0.3) is 5.91 Å². The number of aliphatic hydroxyl groups is 1. The van der Waals surface area contributed by atoms with Gasteiger partial charge in [-0.25, -0.2) is 0 Å². The Morgan fingerprint density at radius 2 is 1.25 bits per heavy atom. The number of halogens is 6. The molecule has 0 unspecified atom stereocenters. The molecule has 0 spiro atoms. The Bertz CT molecular complexity index is 1480. The highest BCUT2D eigenvalue weighted by atomic mass is 19.4. The Hall–Kier alpha value is -5.06. The molecule has 0 bridgehead atoms. The van der Waals surface area contributed by atoms with Crippen molar-refractivity contribution in [3.63, 3.8) is 0 Å². The zero-order valence-corrected chi connectivity index (χ0v) is 20.3. The number of nitrogens with zero attached hydrogens (tertiary/aromatic N) is 4. The van der Waals surface area contributed by atoms with Gasteiger partial charge in [0.15, 0.2) is 5.60 Å². The van der Waals surface area contributed by atoms with Crippen LogP contribution in [0.5, 0.6) is 5.75 Å². The van der Waals surface area contributed by atoms with Gasteiger partial charge in [-0.05, 0) is 67.6 Å². The largest absolute Gasteiger partial charge is 0.490 e. The van der Waals surface area contributed by atoms with E-state index in [-0.39, 0.29) is 11.3 Å². The number of ether oxygens (including phenoxy) is 1. The molecule has 0 fully saturated rings. The van der Waals surface area contributed by atoms with Crippen molar-refractivity contribution in [2.75, 3.05) is 11.5 Å². The number of carbonyl (C=O) groups is 1. The third-order valence-electron chi connectivity index (χ3n) is 5.54. The lowest BCUT2D eigenvalue weighted by Gasteiger charge is -2.32. The minimum Gasteiger partial charge on any atom is -0.490 e. The van der Waals surface area contributed by atoms with Crippen LogP contribution < -0.4 is 9.64 Å². The van der Waals surface area contributed by atoms with E-state index in [9.17, 15) is 36.2 Å². The van der Waals surface area contributed by atoms with E-state index >= 15 is 0 Å². The lowest BCUT2D eigenvalue weighted by Crippen LogP contribution is -2.49. The van der Waals surface area contributed by atoms with Crippen molar-refractivity contribution in [3.8, 4) is 24.0 Å². The fraction of sp³-hybridized carbons (Fsp3) is 0.185. The first-order chi connectivity index (χ1) is 18.6. The lowest BCUT2D eigenvalue weighted by molar-refractivity contribution is -0.138. The van der Waals surface area contributed by atoms with Crippen LogP contribution in [0.3, 0.4) is 0 Å². The number of alkyl halides is 6. The molecule has 0 aliphatic rings. The number of amides is 1. The molecule has 40 heavy (non-hydrogen) atoms. The van der Waals surface area contributed by atoms with Gasteiger partial charge in [0.2, 0.25) is 0 Å². The molecule has 1 N–H and O–H groups in total. The Labute approximate surface area is 223 Å². The van der Waals surface area contributed by atoms with Gasteiger partial charge in [-0.3, -0.25) is 9.69 Å². The van der Waals surface area contributed by atoms with E-state index in [4.69, 9.17) is 20.5 Å². The van der Waals surface area contributed by atoms with Crippen LogP contribution in [-0.2, 0) is 17.1 Å². The van der Waals surface area contributed by atoms with Gasteiger partial charge in [-0.15, -0.1) is 0 Å². The number of anilines is 2. The van der Waals surface area contributed by atoms with Crippen molar-refractivity contribution < 1.29 is 41.0 Å². The number of benzene rings is 3. The van der Waals surface area contributed by atoms with E-state index in [1.165, 1.54) is 36.4 Å². The summed E-state index contributed by atoms with van der Waals surface area (Å²) < 4.78 is 87.4. The summed E-state index contributed by atoms with van der Waals surface area (Å²) in [7, 11) is 0. The zero-order chi connectivity index (χ0) is 29.9. The molecule has 1 atom stereocenters. The Kier molecular flexibility index (Phi) is 8.09. The van der Waals surface area contributed by atoms with Crippen LogP contribution in [-0.4, -0.2) is 23.2 Å². The van der Waals surface area contributed by atoms with Crippen molar-refractivity contribution in [1.82, 2.24) is 0 Å². The van der Waals surface area contributed by atoms with Crippen LogP contribution in [0.4, 0.5) is 37.7 Å². The lowest BCUT2D eigenvalue weighted by atomic mass is 10.0.